The van der Waals surface area contributed by atoms with Gasteiger partial charge in [-0.25, -0.2) is 0 Å². The second-order valence-corrected chi connectivity index (χ2v) is 8.37. The Labute approximate surface area is 132 Å². The van der Waals surface area contributed by atoms with Crippen LogP contribution in [0, 0.1) is 0 Å². The first kappa shape index (κ1) is 17.8. The molecule has 20 heavy (non-hydrogen) atoms. The minimum Gasteiger partial charge on any atom is -0.598 e. The zero-order valence-corrected chi connectivity index (χ0v) is 14.9. The highest BCUT2D eigenvalue weighted by molar-refractivity contribution is 9.10. The molecule has 0 aliphatic carbocycles. The predicted octanol–water partition coefficient (Wildman–Crippen LogP) is 3.54. The quantitative estimate of drug-likeness (QED) is 0.620. The van der Waals surface area contributed by atoms with E-state index in [1.54, 1.807) is 7.11 Å². The highest BCUT2D eigenvalue weighted by Crippen LogP contribution is 2.30. The Balaban J connectivity index is 2.88. The van der Waals surface area contributed by atoms with Crippen LogP contribution in [0.4, 0.5) is 0 Å². The van der Waals surface area contributed by atoms with Gasteiger partial charge in [0.1, 0.15) is 10.5 Å². The monoisotopic (exact) mass is 363 g/mol. The number of benzene rings is 1. The summed E-state index contributed by atoms with van der Waals surface area (Å²) >= 11 is 2.28. The third-order valence-corrected chi connectivity index (χ3v) is 4.79. The standard InChI is InChI=1S/C14H22BrNO3S/c1-10(16-20(17)14(2,3)4)12-7-6-11(15)8-13(12)19-9-18-5/h6-8,10,16H,9H2,1-5H3/t10-,20-/m0/s1. The van der Waals surface area contributed by atoms with Gasteiger partial charge in [0.05, 0.1) is 6.04 Å². The van der Waals surface area contributed by atoms with Gasteiger partial charge in [-0.1, -0.05) is 22.0 Å². The van der Waals surface area contributed by atoms with Gasteiger partial charge in [-0.3, -0.25) is 0 Å². The fourth-order valence-corrected chi connectivity index (χ4v) is 2.66. The lowest BCUT2D eigenvalue weighted by molar-refractivity contribution is 0.0501. The average molecular weight is 364 g/mol. The van der Waals surface area contributed by atoms with E-state index in [9.17, 15) is 4.55 Å². The van der Waals surface area contributed by atoms with Crippen molar-refractivity contribution < 1.29 is 14.0 Å². The van der Waals surface area contributed by atoms with Crippen molar-refractivity contribution in [1.29, 1.82) is 0 Å². The van der Waals surface area contributed by atoms with Crippen molar-refractivity contribution in [3.05, 3.63) is 28.2 Å². The van der Waals surface area contributed by atoms with Crippen LogP contribution in [0.15, 0.2) is 22.7 Å². The maximum Gasteiger partial charge on any atom is 0.188 e. The van der Waals surface area contributed by atoms with Crippen molar-refractivity contribution in [2.24, 2.45) is 0 Å². The molecule has 2 atom stereocenters. The average Bonchev–Trinajstić information content (AvgIpc) is 2.35. The van der Waals surface area contributed by atoms with Crippen molar-refractivity contribution in [3.8, 4) is 5.75 Å². The maximum atomic E-state index is 12.2. The molecular weight excluding hydrogens is 342 g/mol. The number of ether oxygens (including phenoxy) is 2. The SMILES string of the molecule is COCOc1cc(Br)ccc1[C@H](C)N[S@@+]([O-])C(C)(C)C. The molecule has 114 valence electrons. The van der Waals surface area contributed by atoms with Crippen LogP contribution < -0.4 is 9.46 Å². The van der Waals surface area contributed by atoms with E-state index < -0.39 is 11.4 Å². The molecule has 1 N–H and O–H groups in total. The van der Waals surface area contributed by atoms with E-state index in [-0.39, 0.29) is 17.6 Å². The molecule has 4 nitrogen and oxygen atoms in total. The Morgan fingerprint density at radius 3 is 2.60 bits per heavy atom. The second kappa shape index (κ2) is 7.66. The molecule has 0 amide bonds. The van der Waals surface area contributed by atoms with E-state index in [1.165, 1.54) is 0 Å². The van der Waals surface area contributed by atoms with Crippen LogP contribution in [0.2, 0.25) is 0 Å². The van der Waals surface area contributed by atoms with E-state index in [1.807, 2.05) is 45.9 Å². The summed E-state index contributed by atoms with van der Waals surface area (Å²) in [5, 5.41) is 0. The summed E-state index contributed by atoms with van der Waals surface area (Å²) in [7, 11) is 1.58. The topological polar surface area (TPSA) is 53.5 Å². The van der Waals surface area contributed by atoms with Crippen molar-refractivity contribution in [2.75, 3.05) is 13.9 Å². The Bertz CT molecular complexity index is 437. The molecule has 0 radical (unpaired) electrons. The van der Waals surface area contributed by atoms with Crippen LogP contribution in [0.1, 0.15) is 39.3 Å². The van der Waals surface area contributed by atoms with Crippen LogP contribution >= 0.6 is 15.9 Å². The molecule has 0 fully saturated rings. The normalized spacial score (nSPS) is 14.9. The molecule has 6 heteroatoms. The summed E-state index contributed by atoms with van der Waals surface area (Å²) in [6, 6.07) is 5.68. The van der Waals surface area contributed by atoms with E-state index in [0.29, 0.717) is 5.75 Å². The van der Waals surface area contributed by atoms with Crippen LogP contribution in [-0.2, 0) is 16.1 Å². The van der Waals surface area contributed by atoms with Crippen molar-refractivity contribution >= 4 is 27.3 Å². The Morgan fingerprint density at radius 2 is 2.05 bits per heavy atom. The number of rotatable bonds is 6. The minimum absolute atomic E-state index is 0.0879. The molecule has 1 rings (SSSR count). The lowest BCUT2D eigenvalue weighted by atomic mass is 10.1. The van der Waals surface area contributed by atoms with Crippen molar-refractivity contribution in [3.63, 3.8) is 0 Å². The van der Waals surface area contributed by atoms with Gasteiger partial charge >= 0.3 is 0 Å². The van der Waals surface area contributed by atoms with Crippen LogP contribution in [-0.4, -0.2) is 23.2 Å². The predicted molar refractivity (Wildman–Crippen MR) is 86.1 cm³/mol. The summed E-state index contributed by atoms with van der Waals surface area (Å²) in [5.41, 5.74) is 0.947. The summed E-state index contributed by atoms with van der Waals surface area (Å²) in [5.74, 6) is 0.715. The third-order valence-electron chi connectivity index (χ3n) is 2.61. The molecule has 0 unspecified atom stereocenters. The number of methoxy groups -OCH3 is 1. The summed E-state index contributed by atoms with van der Waals surface area (Å²) in [6.45, 7) is 7.96. The second-order valence-electron chi connectivity index (χ2n) is 5.45. The third kappa shape index (κ3) is 5.26. The highest BCUT2D eigenvalue weighted by atomic mass is 79.9. The van der Waals surface area contributed by atoms with Crippen molar-refractivity contribution in [1.82, 2.24) is 4.72 Å². The van der Waals surface area contributed by atoms with Gasteiger partial charge in [0.15, 0.2) is 6.79 Å². The summed E-state index contributed by atoms with van der Waals surface area (Å²) < 4.78 is 26.4. The van der Waals surface area contributed by atoms with Gasteiger partial charge in [0, 0.05) is 28.5 Å². The first-order valence-electron chi connectivity index (χ1n) is 6.35. The highest BCUT2D eigenvalue weighted by Gasteiger charge is 2.29. The maximum absolute atomic E-state index is 12.2. The van der Waals surface area contributed by atoms with Gasteiger partial charge < -0.3 is 14.0 Å². The lowest BCUT2D eigenvalue weighted by Crippen LogP contribution is -2.40. The fraction of sp³-hybridized carbons (Fsp3) is 0.571. The van der Waals surface area contributed by atoms with Crippen LogP contribution in [0.3, 0.4) is 0 Å². The molecular formula is C14H22BrNO3S. The lowest BCUT2D eigenvalue weighted by Gasteiger charge is -2.27. The molecule has 0 heterocycles. The van der Waals surface area contributed by atoms with E-state index in [0.717, 1.165) is 10.0 Å². The Hall–Kier alpha value is -0.270. The number of nitrogens with one attached hydrogen (secondary N) is 1. The molecule has 1 aromatic carbocycles. The minimum atomic E-state index is -1.14. The van der Waals surface area contributed by atoms with Gasteiger partial charge in [-0.15, -0.1) is 4.72 Å². The Kier molecular flexibility index (Phi) is 6.81. The van der Waals surface area contributed by atoms with Gasteiger partial charge in [-0.2, -0.15) is 0 Å². The number of hydrogen-bond donors (Lipinski definition) is 1. The molecule has 0 saturated carbocycles. The number of halogens is 1. The number of hydrogen-bond acceptors (Lipinski definition) is 4. The zero-order valence-electron chi connectivity index (χ0n) is 12.5. The molecule has 0 aromatic heterocycles. The first-order valence-corrected chi connectivity index (χ1v) is 8.29. The molecule has 0 aliphatic heterocycles. The summed E-state index contributed by atoms with van der Waals surface area (Å²) in [6.07, 6.45) is 0. The van der Waals surface area contributed by atoms with Crippen LogP contribution in [0.25, 0.3) is 0 Å². The van der Waals surface area contributed by atoms with Crippen molar-refractivity contribution in [2.45, 2.75) is 38.5 Å². The van der Waals surface area contributed by atoms with Gasteiger partial charge in [0.25, 0.3) is 0 Å². The van der Waals surface area contributed by atoms with E-state index >= 15 is 0 Å². The largest absolute Gasteiger partial charge is 0.598 e. The van der Waals surface area contributed by atoms with Gasteiger partial charge in [-0.05, 0) is 39.8 Å². The van der Waals surface area contributed by atoms with E-state index in [2.05, 4.69) is 20.7 Å². The zero-order chi connectivity index (χ0) is 15.3. The molecule has 0 spiro atoms. The Morgan fingerprint density at radius 1 is 1.40 bits per heavy atom. The van der Waals surface area contributed by atoms with Crippen LogP contribution in [0.5, 0.6) is 5.75 Å². The molecule has 0 saturated heterocycles. The molecule has 0 bridgehead atoms. The van der Waals surface area contributed by atoms with E-state index in [4.69, 9.17) is 9.47 Å². The molecule has 1 aromatic rings. The first-order chi connectivity index (χ1) is 9.25. The smallest absolute Gasteiger partial charge is 0.188 e. The fourth-order valence-electron chi connectivity index (χ4n) is 1.51. The summed E-state index contributed by atoms with van der Waals surface area (Å²) in [4.78, 5) is 0. The van der Waals surface area contributed by atoms with Gasteiger partial charge in [0.2, 0.25) is 0 Å². The molecule has 0 aliphatic rings.